The molecule has 1 aromatic heterocycles. The number of nitrogens with zero attached hydrogens (tertiary/aromatic N) is 3. The molecule has 1 saturated carbocycles. The minimum absolute atomic E-state index is 0.00734. The van der Waals surface area contributed by atoms with Crippen LogP contribution < -0.4 is 10.1 Å². The Balaban J connectivity index is 1.44. The summed E-state index contributed by atoms with van der Waals surface area (Å²) >= 11 is 1.33. The SMILES string of the molecule is C[C@@H]1CN([C@@H](C)CO)C(=O)c2cccc(NC(=O)c3nc4ccccc4s3)c2O[C@H]1CN(C)CC1CCCCC1. The fourth-order valence-corrected chi connectivity index (χ4v) is 6.76. The smallest absolute Gasteiger partial charge is 0.284 e. The summed E-state index contributed by atoms with van der Waals surface area (Å²) in [4.78, 5) is 35.6. The normalized spacial score (nSPS) is 21.0. The molecule has 0 unspecified atom stereocenters. The van der Waals surface area contributed by atoms with Gasteiger partial charge in [0.15, 0.2) is 10.8 Å². The van der Waals surface area contributed by atoms with Gasteiger partial charge in [-0.05, 0) is 57.0 Å². The lowest BCUT2D eigenvalue weighted by Crippen LogP contribution is -2.50. The van der Waals surface area contributed by atoms with Gasteiger partial charge in [0.2, 0.25) is 0 Å². The molecule has 2 aromatic carbocycles. The van der Waals surface area contributed by atoms with Crippen LogP contribution in [0.5, 0.6) is 5.75 Å². The number of ether oxygens (including phenoxy) is 1. The van der Waals surface area contributed by atoms with Crippen molar-refractivity contribution in [3.05, 3.63) is 53.0 Å². The van der Waals surface area contributed by atoms with E-state index in [2.05, 4.69) is 29.2 Å². The number of benzene rings is 2. The van der Waals surface area contributed by atoms with Crippen LogP contribution in [0.2, 0.25) is 0 Å². The number of amides is 2. The van der Waals surface area contributed by atoms with Crippen LogP contribution in [-0.4, -0.2) is 77.1 Å². The second kappa shape index (κ2) is 12.7. The summed E-state index contributed by atoms with van der Waals surface area (Å²) in [7, 11) is 2.14. The molecule has 0 radical (unpaired) electrons. The minimum Gasteiger partial charge on any atom is -0.486 e. The van der Waals surface area contributed by atoms with Crippen molar-refractivity contribution < 1.29 is 19.4 Å². The molecule has 0 bridgehead atoms. The molecule has 1 aliphatic heterocycles. The van der Waals surface area contributed by atoms with Crippen molar-refractivity contribution in [2.24, 2.45) is 11.8 Å². The van der Waals surface area contributed by atoms with E-state index in [-0.39, 0.29) is 36.5 Å². The van der Waals surface area contributed by atoms with Gasteiger partial charge in [-0.2, -0.15) is 0 Å². The predicted octanol–water partition coefficient (Wildman–Crippen LogP) is 5.28. The average Bonchev–Trinajstić information content (AvgIpc) is 3.40. The highest BCUT2D eigenvalue weighted by atomic mass is 32.1. The predicted molar refractivity (Wildman–Crippen MR) is 159 cm³/mol. The van der Waals surface area contributed by atoms with E-state index in [4.69, 9.17) is 4.74 Å². The second-order valence-electron chi connectivity index (χ2n) is 11.5. The number of hydrogen-bond acceptors (Lipinski definition) is 7. The summed E-state index contributed by atoms with van der Waals surface area (Å²) in [5.74, 6) is 0.527. The van der Waals surface area contributed by atoms with Gasteiger partial charge in [-0.25, -0.2) is 4.98 Å². The molecule has 2 aliphatic rings. The van der Waals surface area contributed by atoms with Crippen LogP contribution in [0.25, 0.3) is 10.2 Å². The Hall–Kier alpha value is -3.01. The highest BCUT2D eigenvalue weighted by molar-refractivity contribution is 7.20. The molecule has 0 saturated heterocycles. The summed E-state index contributed by atoms with van der Waals surface area (Å²) in [6.45, 7) is 6.02. The van der Waals surface area contributed by atoms with Crippen LogP contribution >= 0.6 is 11.3 Å². The first-order valence-corrected chi connectivity index (χ1v) is 15.2. The summed E-state index contributed by atoms with van der Waals surface area (Å²) in [5, 5.41) is 13.3. The molecule has 0 spiro atoms. The molecule has 2 heterocycles. The Morgan fingerprint density at radius 2 is 1.95 bits per heavy atom. The van der Waals surface area contributed by atoms with E-state index in [1.54, 1.807) is 23.1 Å². The van der Waals surface area contributed by atoms with Crippen molar-refractivity contribution in [1.82, 2.24) is 14.8 Å². The third kappa shape index (κ3) is 6.32. The Bertz CT molecular complexity index is 1300. The molecule has 8 nitrogen and oxygen atoms in total. The molecule has 1 aliphatic carbocycles. The topological polar surface area (TPSA) is 95.0 Å². The number of aliphatic hydroxyl groups is 1. The highest BCUT2D eigenvalue weighted by Crippen LogP contribution is 2.36. The zero-order chi connectivity index (χ0) is 28.2. The molecule has 2 N–H and O–H groups in total. The van der Waals surface area contributed by atoms with Gasteiger partial charge in [0.25, 0.3) is 11.8 Å². The first kappa shape index (κ1) is 28.5. The molecular weight excluding hydrogens is 524 g/mol. The summed E-state index contributed by atoms with van der Waals surface area (Å²) < 4.78 is 7.62. The number of fused-ring (bicyclic) bond motifs is 2. The van der Waals surface area contributed by atoms with Gasteiger partial charge in [0.05, 0.1) is 34.1 Å². The maximum atomic E-state index is 13.8. The third-order valence-corrected chi connectivity index (χ3v) is 9.25. The molecule has 3 atom stereocenters. The van der Waals surface area contributed by atoms with Crippen LogP contribution in [0.4, 0.5) is 5.69 Å². The number of carbonyl (C=O) groups is 2. The number of para-hydroxylation sites is 2. The maximum Gasteiger partial charge on any atom is 0.284 e. The van der Waals surface area contributed by atoms with E-state index < -0.39 is 0 Å². The number of likely N-dealkylation sites (N-methyl/N-ethyl adjacent to an activating group) is 1. The Labute approximate surface area is 240 Å². The van der Waals surface area contributed by atoms with E-state index in [1.807, 2.05) is 31.2 Å². The minimum atomic E-state index is -0.345. The first-order chi connectivity index (χ1) is 19.3. The fourth-order valence-electron chi connectivity index (χ4n) is 5.90. The molecule has 214 valence electrons. The lowest BCUT2D eigenvalue weighted by molar-refractivity contribution is 0.0332. The van der Waals surface area contributed by atoms with Crippen LogP contribution in [0.3, 0.4) is 0 Å². The van der Waals surface area contributed by atoms with Gasteiger partial charge in [-0.1, -0.05) is 44.4 Å². The number of rotatable bonds is 8. The van der Waals surface area contributed by atoms with Crippen molar-refractivity contribution in [2.45, 2.75) is 58.1 Å². The zero-order valence-corrected chi connectivity index (χ0v) is 24.5. The largest absolute Gasteiger partial charge is 0.486 e. The summed E-state index contributed by atoms with van der Waals surface area (Å²) in [6, 6.07) is 12.6. The number of thiazole rings is 1. The van der Waals surface area contributed by atoms with Crippen LogP contribution in [0, 0.1) is 11.8 Å². The highest BCUT2D eigenvalue weighted by Gasteiger charge is 2.35. The number of carbonyl (C=O) groups excluding carboxylic acids is 2. The van der Waals surface area contributed by atoms with Crippen LogP contribution in [0.1, 0.15) is 66.1 Å². The quantitative estimate of drug-likeness (QED) is 0.387. The summed E-state index contributed by atoms with van der Waals surface area (Å²) in [5.41, 5.74) is 1.60. The van der Waals surface area contributed by atoms with Gasteiger partial charge >= 0.3 is 0 Å². The van der Waals surface area contributed by atoms with Gasteiger partial charge < -0.3 is 25.0 Å². The monoisotopic (exact) mass is 564 g/mol. The molecule has 9 heteroatoms. The number of aliphatic hydroxyl groups excluding tert-OH is 1. The molecule has 3 aromatic rings. The van der Waals surface area contributed by atoms with Gasteiger partial charge in [-0.15, -0.1) is 11.3 Å². The fraction of sp³-hybridized carbons (Fsp3) is 0.516. The van der Waals surface area contributed by atoms with Crippen molar-refractivity contribution in [3.8, 4) is 5.75 Å². The van der Waals surface area contributed by atoms with E-state index in [0.717, 1.165) is 16.8 Å². The molecule has 2 amide bonds. The molecule has 1 fully saturated rings. The van der Waals surface area contributed by atoms with E-state index in [0.29, 0.717) is 41.0 Å². The van der Waals surface area contributed by atoms with Crippen molar-refractivity contribution in [3.63, 3.8) is 0 Å². The standard InChI is InChI=1S/C31H40N4O4S/c1-20-16-35(21(2)19-36)31(38)23-12-9-14-25(32-29(37)30-33-24-13-7-8-15-27(24)40-30)28(23)39-26(20)18-34(3)17-22-10-5-4-6-11-22/h7-9,12-15,20-22,26,36H,4-6,10-11,16-19H2,1-3H3,(H,32,37)/t20-,21+,26+/m1/s1. The number of anilines is 1. The third-order valence-electron chi connectivity index (χ3n) is 8.21. The lowest BCUT2D eigenvalue weighted by atomic mass is 9.89. The molecule has 40 heavy (non-hydrogen) atoms. The van der Waals surface area contributed by atoms with Gasteiger partial charge in [0.1, 0.15) is 6.10 Å². The number of nitrogens with one attached hydrogen (secondary N) is 1. The Morgan fingerprint density at radius 3 is 2.70 bits per heavy atom. The average molecular weight is 565 g/mol. The van der Waals surface area contributed by atoms with Gasteiger partial charge in [-0.3, -0.25) is 9.59 Å². The second-order valence-corrected chi connectivity index (χ2v) is 12.5. The van der Waals surface area contributed by atoms with E-state index in [1.165, 1.54) is 43.4 Å². The van der Waals surface area contributed by atoms with Gasteiger partial charge in [0, 0.05) is 25.6 Å². The zero-order valence-electron chi connectivity index (χ0n) is 23.6. The molecular formula is C31H40N4O4S. The van der Waals surface area contributed by atoms with Crippen LogP contribution in [0.15, 0.2) is 42.5 Å². The Kier molecular flexibility index (Phi) is 9.03. The van der Waals surface area contributed by atoms with Crippen molar-refractivity contribution in [1.29, 1.82) is 0 Å². The van der Waals surface area contributed by atoms with E-state index in [9.17, 15) is 14.7 Å². The van der Waals surface area contributed by atoms with Crippen molar-refractivity contribution in [2.75, 3.05) is 38.6 Å². The number of hydrogen-bond donors (Lipinski definition) is 2. The van der Waals surface area contributed by atoms with E-state index >= 15 is 0 Å². The maximum absolute atomic E-state index is 13.8. The molecule has 5 rings (SSSR count). The number of aromatic nitrogens is 1. The lowest BCUT2D eigenvalue weighted by Gasteiger charge is -2.39. The van der Waals surface area contributed by atoms with Crippen LogP contribution in [-0.2, 0) is 0 Å². The summed E-state index contributed by atoms with van der Waals surface area (Å²) in [6.07, 6.45) is 6.26. The van der Waals surface area contributed by atoms with Crippen molar-refractivity contribution >= 4 is 39.1 Å². The Morgan fingerprint density at radius 1 is 1.18 bits per heavy atom. The first-order valence-electron chi connectivity index (χ1n) is 14.4.